The van der Waals surface area contributed by atoms with Gasteiger partial charge in [0.25, 0.3) is 5.91 Å². The molecule has 4 aromatic rings. The van der Waals surface area contributed by atoms with Crippen molar-refractivity contribution in [3.63, 3.8) is 0 Å². The van der Waals surface area contributed by atoms with E-state index in [9.17, 15) is 9.59 Å². The summed E-state index contributed by atoms with van der Waals surface area (Å²) in [5.41, 5.74) is 6.63. The number of imidazole rings is 1. The SMILES string of the molecule is Cc1cc(C(=O)NC2CC2)ccc1-c1ccc2nc([C@@H]3CCCN3C(=O)OCc3ccccc3)[nH]c2c1. The molecule has 7 heteroatoms. The Labute approximate surface area is 215 Å². The highest BCUT2D eigenvalue weighted by molar-refractivity contribution is 5.95. The van der Waals surface area contributed by atoms with E-state index < -0.39 is 0 Å². The van der Waals surface area contributed by atoms with Gasteiger partial charge in [-0.1, -0.05) is 42.5 Å². The molecule has 2 aliphatic rings. The van der Waals surface area contributed by atoms with Gasteiger partial charge in [-0.15, -0.1) is 0 Å². The Morgan fingerprint density at radius 1 is 1.05 bits per heavy atom. The van der Waals surface area contributed by atoms with Crippen LogP contribution in [0.4, 0.5) is 4.79 Å². The van der Waals surface area contributed by atoms with Crippen LogP contribution in [0.25, 0.3) is 22.2 Å². The summed E-state index contributed by atoms with van der Waals surface area (Å²) in [6.45, 7) is 2.94. The van der Waals surface area contributed by atoms with Gasteiger partial charge in [0.2, 0.25) is 0 Å². The Bertz CT molecular complexity index is 1460. The number of nitrogens with one attached hydrogen (secondary N) is 2. The van der Waals surface area contributed by atoms with Crippen LogP contribution in [0.15, 0.2) is 66.7 Å². The Kier molecular flexibility index (Phi) is 6.12. The Balaban J connectivity index is 1.19. The van der Waals surface area contributed by atoms with Gasteiger partial charge in [0, 0.05) is 18.2 Å². The zero-order valence-electron chi connectivity index (χ0n) is 20.9. The number of amides is 2. The van der Waals surface area contributed by atoms with Crippen LogP contribution in [-0.2, 0) is 11.3 Å². The molecule has 6 rings (SSSR count). The van der Waals surface area contributed by atoms with Gasteiger partial charge in [-0.25, -0.2) is 9.78 Å². The summed E-state index contributed by atoms with van der Waals surface area (Å²) >= 11 is 0. The maximum absolute atomic E-state index is 12.9. The number of aryl methyl sites for hydroxylation is 1. The van der Waals surface area contributed by atoms with E-state index in [2.05, 4.69) is 22.4 Å². The zero-order valence-corrected chi connectivity index (χ0v) is 20.9. The molecule has 37 heavy (non-hydrogen) atoms. The molecule has 0 unspecified atom stereocenters. The average molecular weight is 495 g/mol. The van der Waals surface area contributed by atoms with Crippen LogP contribution < -0.4 is 5.32 Å². The van der Waals surface area contributed by atoms with E-state index in [1.165, 1.54) is 0 Å². The average Bonchev–Trinajstić information content (AvgIpc) is 3.41. The second kappa shape index (κ2) is 9.73. The first kappa shape index (κ1) is 23.3. The van der Waals surface area contributed by atoms with E-state index in [1.807, 2.05) is 61.5 Å². The third kappa shape index (κ3) is 4.94. The van der Waals surface area contributed by atoms with Crippen molar-refractivity contribution >= 4 is 23.0 Å². The summed E-state index contributed by atoms with van der Waals surface area (Å²) in [7, 11) is 0. The van der Waals surface area contributed by atoms with Crippen molar-refractivity contribution in [2.45, 2.75) is 51.3 Å². The van der Waals surface area contributed by atoms with Gasteiger partial charge in [-0.05, 0) is 79.1 Å². The Hall–Kier alpha value is -4.13. The molecule has 188 valence electrons. The van der Waals surface area contributed by atoms with E-state index in [0.717, 1.165) is 64.8 Å². The molecule has 1 aliphatic carbocycles. The zero-order chi connectivity index (χ0) is 25.4. The van der Waals surface area contributed by atoms with E-state index in [-0.39, 0.29) is 24.6 Å². The van der Waals surface area contributed by atoms with Gasteiger partial charge < -0.3 is 15.0 Å². The van der Waals surface area contributed by atoms with E-state index in [1.54, 1.807) is 4.90 Å². The summed E-state index contributed by atoms with van der Waals surface area (Å²) in [6, 6.07) is 21.9. The Morgan fingerprint density at radius 2 is 1.89 bits per heavy atom. The van der Waals surface area contributed by atoms with Crippen molar-refractivity contribution in [2.75, 3.05) is 6.54 Å². The fourth-order valence-electron chi connectivity index (χ4n) is 5.05. The van der Waals surface area contributed by atoms with Crippen LogP contribution in [-0.4, -0.2) is 39.5 Å². The van der Waals surface area contributed by atoms with Gasteiger partial charge in [-0.2, -0.15) is 0 Å². The second-order valence-corrected chi connectivity index (χ2v) is 10.0. The summed E-state index contributed by atoms with van der Waals surface area (Å²) in [6.07, 6.45) is 3.59. The third-order valence-corrected chi connectivity index (χ3v) is 7.22. The third-order valence-electron chi connectivity index (χ3n) is 7.22. The van der Waals surface area contributed by atoms with E-state index >= 15 is 0 Å². The molecule has 1 saturated carbocycles. The minimum absolute atomic E-state index is 0.00535. The van der Waals surface area contributed by atoms with Crippen LogP contribution in [0.1, 0.15) is 59.0 Å². The van der Waals surface area contributed by atoms with Gasteiger partial charge in [0.1, 0.15) is 12.4 Å². The largest absolute Gasteiger partial charge is 0.445 e. The highest BCUT2D eigenvalue weighted by Crippen LogP contribution is 2.33. The molecule has 1 aromatic heterocycles. The molecular weight excluding hydrogens is 464 g/mol. The van der Waals surface area contributed by atoms with Gasteiger partial charge in [-0.3, -0.25) is 9.69 Å². The van der Waals surface area contributed by atoms with Crippen molar-refractivity contribution in [1.29, 1.82) is 0 Å². The first-order valence-corrected chi connectivity index (χ1v) is 12.9. The predicted octanol–water partition coefficient (Wildman–Crippen LogP) is 5.90. The first-order chi connectivity index (χ1) is 18.0. The quantitative estimate of drug-likeness (QED) is 0.349. The molecule has 1 atom stereocenters. The molecule has 0 radical (unpaired) electrons. The van der Waals surface area contributed by atoms with Crippen molar-refractivity contribution in [3.05, 3.63) is 89.2 Å². The number of ether oxygens (including phenoxy) is 1. The van der Waals surface area contributed by atoms with Crippen molar-refractivity contribution in [1.82, 2.24) is 20.2 Å². The number of likely N-dealkylation sites (tertiary alicyclic amines) is 1. The number of aromatic amines is 1. The molecule has 0 spiro atoms. The van der Waals surface area contributed by atoms with Crippen LogP contribution in [0.2, 0.25) is 0 Å². The van der Waals surface area contributed by atoms with Gasteiger partial charge >= 0.3 is 6.09 Å². The number of hydrogen-bond donors (Lipinski definition) is 2. The number of nitrogens with zero attached hydrogens (tertiary/aromatic N) is 2. The number of aromatic nitrogens is 2. The molecule has 2 heterocycles. The minimum Gasteiger partial charge on any atom is -0.445 e. The lowest BCUT2D eigenvalue weighted by Crippen LogP contribution is -2.31. The summed E-state index contributed by atoms with van der Waals surface area (Å²) in [4.78, 5) is 35.3. The molecule has 1 saturated heterocycles. The number of fused-ring (bicyclic) bond motifs is 1. The Morgan fingerprint density at radius 3 is 2.68 bits per heavy atom. The summed E-state index contributed by atoms with van der Waals surface area (Å²) in [5.74, 6) is 0.777. The standard InChI is InChI=1S/C30H30N4O3/c1-19-16-22(29(35)31-23-11-12-23)9-13-24(19)21-10-14-25-26(17-21)33-28(32-25)27-8-5-15-34(27)30(36)37-18-20-6-3-2-4-7-20/h2-4,6-7,9-10,13-14,16-17,23,27H,5,8,11-12,15,18H2,1H3,(H,31,35)(H,32,33)/t27-/m0/s1. The molecule has 2 amide bonds. The normalized spacial score (nSPS) is 17.2. The molecule has 2 N–H and O–H groups in total. The number of benzene rings is 3. The van der Waals surface area contributed by atoms with E-state index in [0.29, 0.717) is 18.2 Å². The fraction of sp³-hybridized carbons (Fsp3) is 0.300. The highest BCUT2D eigenvalue weighted by atomic mass is 16.6. The molecule has 7 nitrogen and oxygen atoms in total. The number of H-pyrrole nitrogens is 1. The summed E-state index contributed by atoms with van der Waals surface area (Å²) < 4.78 is 5.60. The molecule has 0 bridgehead atoms. The van der Waals surface area contributed by atoms with Crippen molar-refractivity contribution in [2.24, 2.45) is 0 Å². The van der Waals surface area contributed by atoms with E-state index in [4.69, 9.17) is 9.72 Å². The molecule has 1 aliphatic heterocycles. The molecular formula is C30H30N4O3. The van der Waals surface area contributed by atoms with Gasteiger partial charge in [0.15, 0.2) is 0 Å². The second-order valence-electron chi connectivity index (χ2n) is 10.0. The first-order valence-electron chi connectivity index (χ1n) is 12.9. The van der Waals surface area contributed by atoms with Gasteiger partial charge in [0.05, 0.1) is 17.1 Å². The monoisotopic (exact) mass is 494 g/mol. The fourth-order valence-corrected chi connectivity index (χ4v) is 5.05. The van der Waals surface area contributed by atoms with Crippen LogP contribution in [0.5, 0.6) is 0 Å². The van der Waals surface area contributed by atoms with Crippen LogP contribution in [0.3, 0.4) is 0 Å². The number of carbonyl (C=O) groups is 2. The lowest BCUT2D eigenvalue weighted by atomic mass is 9.98. The number of carbonyl (C=O) groups excluding carboxylic acids is 2. The maximum atomic E-state index is 12.9. The highest BCUT2D eigenvalue weighted by Gasteiger charge is 2.33. The lowest BCUT2D eigenvalue weighted by molar-refractivity contribution is 0.0909. The smallest absolute Gasteiger partial charge is 0.410 e. The number of hydrogen-bond acceptors (Lipinski definition) is 4. The maximum Gasteiger partial charge on any atom is 0.410 e. The van der Waals surface area contributed by atoms with Crippen LogP contribution >= 0.6 is 0 Å². The van der Waals surface area contributed by atoms with Crippen LogP contribution in [0, 0.1) is 6.92 Å². The topological polar surface area (TPSA) is 87.3 Å². The lowest BCUT2D eigenvalue weighted by Gasteiger charge is -2.22. The summed E-state index contributed by atoms with van der Waals surface area (Å²) in [5, 5.41) is 3.05. The van der Waals surface area contributed by atoms with Crippen molar-refractivity contribution in [3.8, 4) is 11.1 Å². The molecule has 3 aromatic carbocycles. The minimum atomic E-state index is -0.311. The van der Waals surface area contributed by atoms with Crippen molar-refractivity contribution < 1.29 is 14.3 Å². The predicted molar refractivity (Wildman–Crippen MR) is 142 cm³/mol. The number of rotatable bonds is 6. The molecule has 2 fully saturated rings.